The van der Waals surface area contributed by atoms with E-state index in [-0.39, 0.29) is 0 Å². The quantitative estimate of drug-likeness (QED) is 0.612. The van der Waals surface area contributed by atoms with Gasteiger partial charge in [-0.3, -0.25) is 9.59 Å². The van der Waals surface area contributed by atoms with Gasteiger partial charge in [0.15, 0.2) is 4.83 Å². The van der Waals surface area contributed by atoms with Crippen LogP contribution < -0.4 is 4.74 Å². The van der Waals surface area contributed by atoms with Gasteiger partial charge in [0, 0.05) is 6.92 Å². The van der Waals surface area contributed by atoms with Gasteiger partial charge in [-0.1, -0.05) is 28.1 Å². The van der Waals surface area contributed by atoms with Crippen molar-refractivity contribution in [2.45, 2.75) is 17.9 Å². The summed E-state index contributed by atoms with van der Waals surface area (Å²) in [5.41, 5.74) is 0.670. The standard InChI is InChI=1S/C13H15BrO5/c1-8(15)19-12(11(14)13(16)18-3)9-4-6-10(17-2)7-5-9/h4-7,11-12H,1-3H3/t11-,12-/m0/s1. The first-order valence-electron chi connectivity index (χ1n) is 5.52. The molecule has 0 amide bonds. The monoisotopic (exact) mass is 330 g/mol. The molecule has 0 fully saturated rings. The van der Waals surface area contributed by atoms with E-state index in [2.05, 4.69) is 20.7 Å². The second-order valence-corrected chi connectivity index (χ2v) is 4.71. The number of ether oxygens (including phenoxy) is 3. The normalized spacial score (nSPS) is 13.3. The Morgan fingerprint density at radius 3 is 2.16 bits per heavy atom. The Morgan fingerprint density at radius 1 is 1.16 bits per heavy atom. The maximum atomic E-state index is 11.5. The van der Waals surface area contributed by atoms with E-state index < -0.39 is 22.9 Å². The fraction of sp³-hybridized carbons (Fsp3) is 0.385. The Balaban J connectivity index is 3.00. The third kappa shape index (κ3) is 4.24. The summed E-state index contributed by atoms with van der Waals surface area (Å²) in [6, 6.07) is 6.90. The zero-order valence-electron chi connectivity index (χ0n) is 10.9. The fourth-order valence-corrected chi connectivity index (χ4v) is 2.11. The molecule has 0 bridgehead atoms. The topological polar surface area (TPSA) is 61.8 Å². The van der Waals surface area contributed by atoms with Gasteiger partial charge in [0.05, 0.1) is 14.2 Å². The molecule has 0 radical (unpaired) electrons. The molecule has 0 aliphatic rings. The SMILES string of the molecule is COC(=O)[C@@H](Br)[C@@H](OC(C)=O)c1ccc(OC)cc1. The van der Waals surface area contributed by atoms with Crippen LogP contribution in [-0.4, -0.2) is 31.0 Å². The van der Waals surface area contributed by atoms with Crippen LogP contribution in [0.5, 0.6) is 5.75 Å². The van der Waals surface area contributed by atoms with Gasteiger partial charge in [0.1, 0.15) is 11.9 Å². The lowest BCUT2D eigenvalue weighted by atomic mass is 10.1. The van der Waals surface area contributed by atoms with Crippen LogP contribution in [0.3, 0.4) is 0 Å². The highest BCUT2D eigenvalue weighted by molar-refractivity contribution is 9.10. The predicted octanol–water partition coefficient (Wildman–Crippen LogP) is 2.24. The van der Waals surface area contributed by atoms with Crippen molar-refractivity contribution in [1.29, 1.82) is 0 Å². The number of esters is 2. The van der Waals surface area contributed by atoms with Crippen LogP contribution in [-0.2, 0) is 19.1 Å². The molecular weight excluding hydrogens is 316 g/mol. The van der Waals surface area contributed by atoms with Crippen molar-refractivity contribution in [2.75, 3.05) is 14.2 Å². The highest BCUT2D eigenvalue weighted by Gasteiger charge is 2.30. The largest absolute Gasteiger partial charge is 0.497 e. The van der Waals surface area contributed by atoms with Crippen molar-refractivity contribution in [3.05, 3.63) is 29.8 Å². The molecule has 2 atom stereocenters. The third-order valence-electron chi connectivity index (χ3n) is 2.43. The van der Waals surface area contributed by atoms with Crippen LogP contribution in [0.4, 0.5) is 0 Å². The molecule has 0 N–H and O–H groups in total. The molecule has 0 spiro atoms. The van der Waals surface area contributed by atoms with Gasteiger partial charge in [-0.15, -0.1) is 0 Å². The lowest BCUT2D eigenvalue weighted by Gasteiger charge is -2.21. The van der Waals surface area contributed by atoms with Gasteiger partial charge in [-0.05, 0) is 17.7 Å². The van der Waals surface area contributed by atoms with E-state index in [1.807, 2.05) is 0 Å². The summed E-state index contributed by atoms with van der Waals surface area (Å²) in [5.74, 6) is -0.314. The highest BCUT2D eigenvalue weighted by Crippen LogP contribution is 2.29. The zero-order chi connectivity index (χ0) is 14.4. The Labute approximate surface area is 120 Å². The first kappa shape index (κ1) is 15.5. The Bertz CT molecular complexity index is 443. The molecule has 5 nitrogen and oxygen atoms in total. The van der Waals surface area contributed by atoms with Gasteiger partial charge in [0.2, 0.25) is 0 Å². The molecule has 0 saturated carbocycles. The first-order chi connectivity index (χ1) is 8.99. The van der Waals surface area contributed by atoms with Crippen molar-refractivity contribution in [1.82, 2.24) is 0 Å². The van der Waals surface area contributed by atoms with Crippen LogP contribution in [0, 0.1) is 0 Å². The van der Waals surface area contributed by atoms with Crippen LogP contribution in [0.1, 0.15) is 18.6 Å². The van der Waals surface area contributed by atoms with Gasteiger partial charge < -0.3 is 14.2 Å². The number of hydrogen-bond donors (Lipinski definition) is 0. The van der Waals surface area contributed by atoms with Crippen LogP contribution in [0.2, 0.25) is 0 Å². The van der Waals surface area contributed by atoms with Crippen LogP contribution >= 0.6 is 15.9 Å². The summed E-state index contributed by atoms with van der Waals surface area (Å²) >= 11 is 3.19. The fourth-order valence-electron chi connectivity index (χ4n) is 1.51. The van der Waals surface area contributed by atoms with Crippen molar-refractivity contribution in [2.24, 2.45) is 0 Å². The molecule has 0 aliphatic heterocycles. The average Bonchev–Trinajstić information content (AvgIpc) is 2.43. The summed E-state index contributed by atoms with van der Waals surface area (Å²) in [6.07, 6.45) is -0.754. The maximum Gasteiger partial charge on any atom is 0.323 e. The third-order valence-corrected chi connectivity index (χ3v) is 3.28. The smallest absolute Gasteiger partial charge is 0.323 e. The highest BCUT2D eigenvalue weighted by atomic mass is 79.9. The van der Waals surface area contributed by atoms with Gasteiger partial charge in [-0.25, -0.2) is 0 Å². The number of hydrogen-bond acceptors (Lipinski definition) is 5. The molecule has 104 valence electrons. The Hall–Kier alpha value is -1.56. The van der Waals surface area contributed by atoms with Gasteiger partial charge >= 0.3 is 11.9 Å². The molecule has 6 heteroatoms. The van der Waals surface area contributed by atoms with E-state index in [0.717, 1.165) is 0 Å². The van der Waals surface area contributed by atoms with Gasteiger partial charge in [0.25, 0.3) is 0 Å². The van der Waals surface area contributed by atoms with E-state index in [4.69, 9.17) is 9.47 Å². The number of benzene rings is 1. The molecule has 19 heavy (non-hydrogen) atoms. The molecule has 0 saturated heterocycles. The molecule has 0 aromatic heterocycles. The summed E-state index contributed by atoms with van der Waals surface area (Å²) in [7, 11) is 2.83. The summed E-state index contributed by atoms with van der Waals surface area (Å²) < 4.78 is 14.9. The zero-order valence-corrected chi connectivity index (χ0v) is 12.5. The van der Waals surface area contributed by atoms with Crippen molar-refractivity contribution in [3.8, 4) is 5.75 Å². The number of rotatable bonds is 5. The van der Waals surface area contributed by atoms with Crippen molar-refractivity contribution >= 4 is 27.9 Å². The van der Waals surface area contributed by atoms with E-state index >= 15 is 0 Å². The minimum absolute atomic E-state index is 0.478. The molecule has 0 heterocycles. The number of carbonyl (C=O) groups is 2. The number of alkyl halides is 1. The van der Waals surface area contributed by atoms with E-state index in [1.165, 1.54) is 14.0 Å². The van der Waals surface area contributed by atoms with Crippen molar-refractivity contribution in [3.63, 3.8) is 0 Å². The Kier molecular flexibility index (Phi) is 5.82. The number of halogens is 1. The minimum atomic E-state index is -0.769. The second kappa shape index (κ2) is 7.13. The lowest BCUT2D eigenvalue weighted by Crippen LogP contribution is -2.27. The molecule has 0 aliphatic carbocycles. The van der Waals surface area contributed by atoms with E-state index in [0.29, 0.717) is 11.3 Å². The Morgan fingerprint density at radius 2 is 1.74 bits per heavy atom. The lowest BCUT2D eigenvalue weighted by molar-refractivity contribution is -0.151. The average molecular weight is 331 g/mol. The predicted molar refractivity (Wildman–Crippen MR) is 72.2 cm³/mol. The minimum Gasteiger partial charge on any atom is -0.497 e. The number of methoxy groups -OCH3 is 2. The molecule has 1 aromatic carbocycles. The van der Waals surface area contributed by atoms with E-state index in [9.17, 15) is 9.59 Å². The molecule has 0 unspecified atom stereocenters. The maximum absolute atomic E-state index is 11.5. The molecule has 1 aromatic rings. The number of carbonyl (C=O) groups excluding carboxylic acids is 2. The summed E-state index contributed by atoms with van der Waals surface area (Å²) in [5, 5.41) is 0. The first-order valence-corrected chi connectivity index (χ1v) is 6.44. The molecular formula is C13H15BrO5. The van der Waals surface area contributed by atoms with Crippen LogP contribution in [0.25, 0.3) is 0 Å². The van der Waals surface area contributed by atoms with Crippen LogP contribution in [0.15, 0.2) is 24.3 Å². The van der Waals surface area contributed by atoms with Crippen molar-refractivity contribution < 1.29 is 23.8 Å². The summed E-state index contributed by atoms with van der Waals surface area (Å²) in [6.45, 7) is 1.29. The van der Waals surface area contributed by atoms with Gasteiger partial charge in [-0.2, -0.15) is 0 Å². The van der Waals surface area contributed by atoms with E-state index in [1.54, 1.807) is 31.4 Å². The second-order valence-electron chi connectivity index (χ2n) is 3.73. The molecule has 1 rings (SSSR count). The summed E-state index contributed by atoms with van der Waals surface area (Å²) in [4.78, 5) is 21.9.